The Hall–Kier alpha value is -1.73. The Labute approximate surface area is 96.3 Å². The highest BCUT2D eigenvalue weighted by molar-refractivity contribution is 5.28. The molecule has 7 nitrogen and oxygen atoms in total. The van der Waals surface area contributed by atoms with Crippen molar-refractivity contribution in [3.8, 4) is 0 Å². The summed E-state index contributed by atoms with van der Waals surface area (Å²) in [5.41, 5.74) is -0.356. The van der Waals surface area contributed by atoms with Gasteiger partial charge in [-0.25, -0.2) is 14.2 Å². The molecule has 1 saturated heterocycles. The Bertz CT molecular complexity index is 590. The van der Waals surface area contributed by atoms with Gasteiger partial charge in [0.25, 0.3) is 0 Å². The number of aromatic nitrogens is 4. The standard InChI is InChI=1S/C10H12N4O3/c15-5-7-1-2-8(17-7)13-3-4-14-9(13)11-6-12-10(14)16/h3-4,6-8,15H,1-2,5H2/t7-,8+/m0/s1. The van der Waals surface area contributed by atoms with Crippen molar-refractivity contribution in [3.05, 3.63) is 29.2 Å². The zero-order chi connectivity index (χ0) is 11.8. The Kier molecular flexibility index (Phi) is 2.41. The Morgan fingerprint density at radius 3 is 3.06 bits per heavy atom. The predicted molar refractivity (Wildman–Crippen MR) is 57.5 cm³/mol. The second kappa shape index (κ2) is 3.94. The van der Waals surface area contributed by atoms with Gasteiger partial charge in [-0.15, -0.1) is 0 Å². The smallest absolute Gasteiger partial charge is 0.356 e. The van der Waals surface area contributed by atoms with E-state index in [2.05, 4.69) is 9.97 Å². The van der Waals surface area contributed by atoms with Gasteiger partial charge in [-0.3, -0.25) is 4.57 Å². The van der Waals surface area contributed by atoms with Gasteiger partial charge in [0.1, 0.15) is 12.6 Å². The SMILES string of the molecule is O=c1ncnc2n([C@H]3CC[C@@H](CO)O3)ccn12. The molecule has 0 aromatic carbocycles. The number of hydrogen-bond donors (Lipinski definition) is 1. The second-order valence-corrected chi connectivity index (χ2v) is 4.00. The minimum atomic E-state index is -0.356. The van der Waals surface area contributed by atoms with Gasteiger partial charge in [0.15, 0.2) is 0 Å². The molecule has 2 aromatic rings. The van der Waals surface area contributed by atoms with Gasteiger partial charge in [-0.2, -0.15) is 4.98 Å². The van der Waals surface area contributed by atoms with E-state index in [4.69, 9.17) is 9.84 Å². The maximum absolute atomic E-state index is 11.4. The number of aliphatic hydroxyl groups excluding tert-OH is 1. The third-order valence-electron chi connectivity index (χ3n) is 2.97. The predicted octanol–water partition coefficient (Wildman–Crippen LogP) is -0.439. The monoisotopic (exact) mass is 236 g/mol. The maximum atomic E-state index is 11.4. The first-order valence-electron chi connectivity index (χ1n) is 5.46. The topological polar surface area (TPSA) is 81.7 Å². The lowest BCUT2D eigenvalue weighted by Crippen LogP contribution is -2.18. The van der Waals surface area contributed by atoms with Crippen LogP contribution in [0.1, 0.15) is 19.1 Å². The summed E-state index contributed by atoms with van der Waals surface area (Å²) in [6.07, 6.45) is 5.91. The number of ether oxygens (including phenoxy) is 1. The van der Waals surface area contributed by atoms with E-state index in [9.17, 15) is 4.79 Å². The summed E-state index contributed by atoms with van der Waals surface area (Å²) in [7, 11) is 0. The average molecular weight is 236 g/mol. The number of fused-ring (bicyclic) bond motifs is 1. The van der Waals surface area contributed by atoms with Crippen LogP contribution in [-0.4, -0.2) is 36.8 Å². The number of nitrogens with zero attached hydrogens (tertiary/aromatic N) is 4. The van der Waals surface area contributed by atoms with Gasteiger partial charge in [0.2, 0.25) is 5.78 Å². The third-order valence-corrected chi connectivity index (χ3v) is 2.97. The molecule has 2 aromatic heterocycles. The van der Waals surface area contributed by atoms with E-state index in [0.29, 0.717) is 5.78 Å². The molecule has 0 radical (unpaired) electrons. The van der Waals surface area contributed by atoms with Crippen LogP contribution in [0.15, 0.2) is 23.5 Å². The summed E-state index contributed by atoms with van der Waals surface area (Å²) in [6.45, 7) is 0.0185. The fraction of sp³-hybridized carbons (Fsp3) is 0.500. The van der Waals surface area contributed by atoms with E-state index in [1.807, 2.05) is 0 Å². The number of imidazole rings is 1. The van der Waals surface area contributed by atoms with Gasteiger partial charge >= 0.3 is 5.69 Å². The molecular formula is C10H12N4O3. The molecule has 0 bridgehead atoms. The van der Waals surface area contributed by atoms with Crippen molar-refractivity contribution < 1.29 is 9.84 Å². The van der Waals surface area contributed by atoms with E-state index in [0.717, 1.165) is 12.8 Å². The first-order chi connectivity index (χ1) is 8.29. The molecule has 90 valence electrons. The number of rotatable bonds is 2. The highest BCUT2D eigenvalue weighted by Gasteiger charge is 2.27. The normalized spacial score (nSPS) is 24.5. The number of hydrogen-bond acceptors (Lipinski definition) is 5. The Morgan fingerprint density at radius 2 is 2.29 bits per heavy atom. The summed E-state index contributed by atoms with van der Waals surface area (Å²) in [5.74, 6) is 0.508. The quantitative estimate of drug-likeness (QED) is 0.764. The van der Waals surface area contributed by atoms with Crippen molar-refractivity contribution in [2.75, 3.05) is 6.61 Å². The van der Waals surface area contributed by atoms with Gasteiger partial charge in [0.05, 0.1) is 12.7 Å². The van der Waals surface area contributed by atoms with Crippen LogP contribution in [0.5, 0.6) is 0 Å². The van der Waals surface area contributed by atoms with Crippen LogP contribution < -0.4 is 5.69 Å². The molecule has 1 fully saturated rings. The van der Waals surface area contributed by atoms with E-state index in [1.54, 1.807) is 17.0 Å². The van der Waals surface area contributed by atoms with Crippen LogP contribution in [0.25, 0.3) is 5.78 Å². The van der Waals surface area contributed by atoms with E-state index in [-0.39, 0.29) is 24.6 Å². The molecule has 7 heteroatoms. The fourth-order valence-electron chi connectivity index (χ4n) is 2.12. The summed E-state index contributed by atoms with van der Waals surface area (Å²) < 4.78 is 8.80. The molecule has 1 N–H and O–H groups in total. The van der Waals surface area contributed by atoms with E-state index < -0.39 is 0 Å². The van der Waals surface area contributed by atoms with Crippen molar-refractivity contribution >= 4 is 5.78 Å². The molecule has 0 saturated carbocycles. The van der Waals surface area contributed by atoms with Crippen LogP contribution >= 0.6 is 0 Å². The van der Waals surface area contributed by atoms with E-state index >= 15 is 0 Å². The lowest BCUT2D eigenvalue weighted by atomic mass is 10.2. The molecular weight excluding hydrogens is 224 g/mol. The van der Waals surface area contributed by atoms with Crippen molar-refractivity contribution in [1.29, 1.82) is 0 Å². The summed E-state index contributed by atoms with van der Waals surface area (Å²) in [6, 6.07) is 0. The minimum absolute atomic E-state index is 0.0185. The molecule has 3 heterocycles. The van der Waals surface area contributed by atoms with Crippen molar-refractivity contribution in [2.45, 2.75) is 25.2 Å². The van der Waals surface area contributed by atoms with Crippen LogP contribution in [0.4, 0.5) is 0 Å². The first kappa shape index (κ1) is 10.4. The van der Waals surface area contributed by atoms with Crippen molar-refractivity contribution in [1.82, 2.24) is 18.9 Å². The third kappa shape index (κ3) is 1.63. The zero-order valence-electron chi connectivity index (χ0n) is 9.06. The van der Waals surface area contributed by atoms with Crippen molar-refractivity contribution in [3.63, 3.8) is 0 Å². The fourth-order valence-corrected chi connectivity index (χ4v) is 2.12. The molecule has 0 amide bonds. The van der Waals surface area contributed by atoms with Crippen LogP contribution in [-0.2, 0) is 4.74 Å². The Balaban J connectivity index is 2.02. The average Bonchev–Trinajstić information content (AvgIpc) is 2.94. The maximum Gasteiger partial charge on any atom is 0.356 e. The highest BCUT2D eigenvalue weighted by Crippen LogP contribution is 2.28. The van der Waals surface area contributed by atoms with Crippen LogP contribution in [0.2, 0.25) is 0 Å². The van der Waals surface area contributed by atoms with Crippen LogP contribution in [0, 0.1) is 0 Å². The molecule has 2 atom stereocenters. The lowest BCUT2D eigenvalue weighted by molar-refractivity contribution is -0.0206. The summed E-state index contributed by atoms with van der Waals surface area (Å²) in [5, 5.41) is 9.02. The van der Waals surface area contributed by atoms with Crippen LogP contribution in [0.3, 0.4) is 0 Å². The second-order valence-electron chi connectivity index (χ2n) is 4.00. The molecule has 1 aliphatic heterocycles. The first-order valence-corrected chi connectivity index (χ1v) is 5.46. The zero-order valence-corrected chi connectivity index (χ0v) is 9.06. The van der Waals surface area contributed by atoms with E-state index in [1.165, 1.54) is 10.7 Å². The summed E-state index contributed by atoms with van der Waals surface area (Å²) in [4.78, 5) is 19.1. The minimum Gasteiger partial charge on any atom is -0.394 e. The summed E-state index contributed by atoms with van der Waals surface area (Å²) >= 11 is 0. The molecule has 1 aliphatic rings. The van der Waals surface area contributed by atoms with Gasteiger partial charge < -0.3 is 9.84 Å². The molecule has 3 rings (SSSR count). The molecule has 0 aliphatic carbocycles. The van der Waals surface area contributed by atoms with Gasteiger partial charge in [0, 0.05) is 12.4 Å². The van der Waals surface area contributed by atoms with Crippen molar-refractivity contribution in [2.24, 2.45) is 0 Å². The molecule has 0 unspecified atom stereocenters. The number of aliphatic hydroxyl groups is 1. The van der Waals surface area contributed by atoms with Gasteiger partial charge in [-0.05, 0) is 12.8 Å². The molecule has 17 heavy (non-hydrogen) atoms. The Morgan fingerprint density at radius 1 is 1.41 bits per heavy atom. The largest absolute Gasteiger partial charge is 0.394 e. The van der Waals surface area contributed by atoms with Gasteiger partial charge in [-0.1, -0.05) is 0 Å². The molecule has 0 spiro atoms. The highest BCUT2D eigenvalue weighted by atomic mass is 16.5. The lowest BCUT2D eigenvalue weighted by Gasteiger charge is -2.13.